The molecule has 0 atom stereocenters. The van der Waals surface area contributed by atoms with Crippen LogP contribution >= 0.6 is 0 Å². The van der Waals surface area contributed by atoms with E-state index in [9.17, 15) is 8.78 Å². The molecule has 1 fully saturated rings. The first-order chi connectivity index (χ1) is 6.46. The van der Waals surface area contributed by atoms with Gasteiger partial charge < -0.3 is 5.73 Å². The molecule has 0 spiro atoms. The molecule has 2 N–H and O–H groups in total. The van der Waals surface area contributed by atoms with Crippen molar-refractivity contribution in [2.24, 2.45) is 0 Å². The first kappa shape index (κ1) is 9.37. The van der Waals surface area contributed by atoms with Crippen LogP contribution in [-0.4, -0.2) is 10.9 Å². The van der Waals surface area contributed by atoms with E-state index >= 15 is 0 Å². The monoisotopic (exact) mass is 198 g/mol. The predicted octanol–water partition coefficient (Wildman–Crippen LogP) is 2.48. The van der Waals surface area contributed by atoms with Crippen molar-refractivity contribution in [3.8, 4) is 0 Å². The van der Waals surface area contributed by atoms with Crippen molar-refractivity contribution in [3.05, 3.63) is 23.4 Å². The lowest BCUT2D eigenvalue weighted by atomic mass is 9.79. The highest BCUT2D eigenvalue weighted by Gasteiger charge is 2.46. The van der Waals surface area contributed by atoms with Gasteiger partial charge in [-0.2, -0.15) is 0 Å². The van der Waals surface area contributed by atoms with Crippen LogP contribution < -0.4 is 5.73 Å². The summed E-state index contributed by atoms with van der Waals surface area (Å²) in [5, 5.41) is 0. The molecule has 1 saturated carbocycles. The van der Waals surface area contributed by atoms with Gasteiger partial charge in [0.05, 0.1) is 0 Å². The molecule has 1 aromatic heterocycles. The molecule has 76 valence electrons. The fourth-order valence-electron chi connectivity index (χ4n) is 1.80. The smallest absolute Gasteiger partial charge is 0.249 e. The lowest BCUT2D eigenvalue weighted by Crippen LogP contribution is -2.34. The van der Waals surface area contributed by atoms with Crippen LogP contribution in [0.25, 0.3) is 0 Å². The zero-order valence-corrected chi connectivity index (χ0v) is 7.93. The number of alkyl halides is 2. The van der Waals surface area contributed by atoms with Gasteiger partial charge in [-0.3, -0.25) is 0 Å². The van der Waals surface area contributed by atoms with E-state index in [4.69, 9.17) is 5.73 Å². The Hall–Kier alpha value is -1.19. The van der Waals surface area contributed by atoms with Crippen molar-refractivity contribution in [2.45, 2.75) is 31.6 Å². The molecule has 0 saturated heterocycles. The molecule has 2 nitrogen and oxygen atoms in total. The molecule has 1 aliphatic rings. The number of nitrogen functional groups attached to an aromatic ring is 1. The number of nitrogens with two attached hydrogens (primary N) is 1. The van der Waals surface area contributed by atoms with Gasteiger partial charge in [-0.05, 0) is 24.6 Å². The quantitative estimate of drug-likeness (QED) is 0.752. The second kappa shape index (κ2) is 2.90. The van der Waals surface area contributed by atoms with Crippen LogP contribution in [0.1, 0.15) is 30.0 Å². The standard InChI is InChI=1S/C10H12F2N2/c1-6-2-8(14-9(13)3-6)7-4-10(11,12)5-7/h2-3,7H,4-5H2,1H3,(H2,13,14). The van der Waals surface area contributed by atoms with Crippen molar-refractivity contribution in [1.82, 2.24) is 4.98 Å². The Bertz CT molecular complexity index is 335. The summed E-state index contributed by atoms with van der Waals surface area (Å²) in [5.41, 5.74) is 7.22. The number of hydrogen-bond donors (Lipinski definition) is 1. The fourth-order valence-corrected chi connectivity index (χ4v) is 1.80. The highest BCUT2D eigenvalue weighted by Crippen LogP contribution is 2.47. The van der Waals surface area contributed by atoms with E-state index in [2.05, 4.69) is 4.98 Å². The Kier molecular flexibility index (Phi) is 1.94. The van der Waals surface area contributed by atoms with Crippen molar-refractivity contribution in [1.29, 1.82) is 0 Å². The molecule has 1 heterocycles. The normalized spacial score (nSPS) is 20.5. The molecule has 0 amide bonds. The van der Waals surface area contributed by atoms with Crippen LogP contribution in [0.2, 0.25) is 0 Å². The molecule has 0 aliphatic heterocycles. The van der Waals surface area contributed by atoms with E-state index < -0.39 is 5.92 Å². The van der Waals surface area contributed by atoms with Gasteiger partial charge in [0.2, 0.25) is 5.92 Å². The molecule has 14 heavy (non-hydrogen) atoms. The summed E-state index contributed by atoms with van der Waals surface area (Å²) in [6.07, 6.45) is -0.189. The summed E-state index contributed by atoms with van der Waals surface area (Å²) in [6.45, 7) is 1.89. The lowest BCUT2D eigenvalue weighted by molar-refractivity contribution is -0.0875. The summed E-state index contributed by atoms with van der Waals surface area (Å²) < 4.78 is 25.2. The maximum Gasteiger partial charge on any atom is 0.249 e. The minimum Gasteiger partial charge on any atom is -0.384 e. The predicted molar refractivity (Wildman–Crippen MR) is 50.3 cm³/mol. The third kappa shape index (κ3) is 1.69. The molecule has 0 bridgehead atoms. The minimum absolute atomic E-state index is 0.0944. The average molecular weight is 198 g/mol. The molecule has 0 radical (unpaired) electrons. The third-order valence-electron chi connectivity index (χ3n) is 2.52. The van der Waals surface area contributed by atoms with Crippen LogP contribution in [0.3, 0.4) is 0 Å². The van der Waals surface area contributed by atoms with Gasteiger partial charge in [0, 0.05) is 24.5 Å². The second-order valence-electron chi connectivity index (χ2n) is 3.96. The topological polar surface area (TPSA) is 38.9 Å². The summed E-state index contributed by atoms with van der Waals surface area (Å²) in [4.78, 5) is 4.07. The summed E-state index contributed by atoms with van der Waals surface area (Å²) >= 11 is 0. The van der Waals surface area contributed by atoms with Gasteiger partial charge in [0.25, 0.3) is 0 Å². The van der Waals surface area contributed by atoms with Gasteiger partial charge in [-0.25, -0.2) is 13.8 Å². The highest BCUT2D eigenvalue weighted by atomic mass is 19.3. The zero-order chi connectivity index (χ0) is 10.3. The maximum absolute atomic E-state index is 12.6. The Labute approximate surface area is 81.1 Å². The summed E-state index contributed by atoms with van der Waals surface area (Å²) in [6, 6.07) is 3.57. The molecule has 1 aromatic rings. The molecule has 4 heteroatoms. The van der Waals surface area contributed by atoms with E-state index in [0.29, 0.717) is 11.5 Å². The minimum atomic E-state index is -2.50. The number of aryl methyl sites for hydroxylation is 1. The molecule has 2 rings (SSSR count). The van der Waals surface area contributed by atoms with Crippen molar-refractivity contribution in [3.63, 3.8) is 0 Å². The summed E-state index contributed by atoms with van der Waals surface area (Å²) in [5.74, 6) is -2.20. The van der Waals surface area contributed by atoms with Crippen molar-refractivity contribution in [2.75, 3.05) is 5.73 Å². The van der Waals surface area contributed by atoms with E-state index in [1.54, 1.807) is 6.07 Å². The third-order valence-corrected chi connectivity index (χ3v) is 2.52. The van der Waals surface area contributed by atoms with Gasteiger partial charge in [-0.1, -0.05) is 0 Å². The van der Waals surface area contributed by atoms with E-state index in [-0.39, 0.29) is 18.8 Å². The second-order valence-corrected chi connectivity index (χ2v) is 3.96. The van der Waals surface area contributed by atoms with Crippen LogP contribution in [-0.2, 0) is 0 Å². The largest absolute Gasteiger partial charge is 0.384 e. The average Bonchev–Trinajstić information content (AvgIpc) is 1.97. The zero-order valence-electron chi connectivity index (χ0n) is 7.93. The maximum atomic E-state index is 12.6. The van der Waals surface area contributed by atoms with E-state index in [1.165, 1.54) is 0 Å². The SMILES string of the molecule is Cc1cc(N)nc(C2CC(F)(F)C2)c1. The number of nitrogens with zero attached hydrogens (tertiary/aromatic N) is 1. The van der Waals surface area contributed by atoms with Gasteiger partial charge in [0.1, 0.15) is 5.82 Å². The molecule has 0 aromatic carbocycles. The highest BCUT2D eigenvalue weighted by molar-refractivity contribution is 5.36. The molecule has 1 aliphatic carbocycles. The Balaban J connectivity index is 2.18. The summed E-state index contributed by atoms with van der Waals surface area (Å²) in [7, 11) is 0. The number of aromatic nitrogens is 1. The van der Waals surface area contributed by atoms with Crippen LogP contribution in [0.4, 0.5) is 14.6 Å². The molecular weight excluding hydrogens is 186 g/mol. The van der Waals surface area contributed by atoms with Gasteiger partial charge in [-0.15, -0.1) is 0 Å². The lowest BCUT2D eigenvalue weighted by Gasteiger charge is -2.34. The molecule has 0 unspecified atom stereocenters. The number of hydrogen-bond acceptors (Lipinski definition) is 2. The number of halogens is 2. The Morgan fingerprint density at radius 1 is 1.43 bits per heavy atom. The van der Waals surface area contributed by atoms with Crippen LogP contribution in [0.5, 0.6) is 0 Å². The number of pyridine rings is 1. The Morgan fingerprint density at radius 3 is 2.57 bits per heavy atom. The van der Waals surface area contributed by atoms with Crippen molar-refractivity contribution >= 4 is 5.82 Å². The van der Waals surface area contributed by atoms with E-state index in [0.717, 1.165) is 5.56 Å². The first-order valence-electron chi connectivity index (χ1n) is 4.58. The van der Waals surface area contributed by atoms with Crippen LogP contribution in [0, 0.1) is 6.92 Å². The number of rotatable bonds is 1. The first-order valence-corrected chi connectivity index (χ1v) is 4.58. The Morgan fingerprint density at radius 2 is 2.07 bits per heavy atom. The van der Waals surface area contributed by atoms with Crippen LogP contribution in [0.15, 0.2) is 12.1 Å². The number of anilines is 1. The van der Waals surface area contributed by atoms with Gasteiger partial charge >= 0.3 is 0 Å². The van der Waals surface area contributed by atoms with Crippen molar-refractivity contribution < 1.29 is 8.78 Å². The van der Waals surface area contributed by atoms with E-state index in [1.807, 2.05) is 13.0 Å². The van der Waals surface area contributed by atoms with Gasteiger partial charge in [0.15, 0.2) is 0 Å². The molecular formula is C10H12F2N2. The fraction of sp³-hybridized carbons (Fsp3) is 0.500.